The predicted molar refractivity (Wildman–Crippen MR) is 85.1 cm³/mol. The maximum Gasteiger partial charge on any atom is 0.265 e. The third-order valence-corrected chi connectivity index (χ3v) is 4.27. The fourth-order valence-corrected chi connectivity index (χ4v) is 2.90. The predicted octanol–water partition coefficient (Wildman–Crippen LogP) is 1.36. The lowest BCUT2D eigenvalue weighted by atomic mass is 10.1. The molecule has 0 saturated carbocycles. The van der Waals surface area contributed by atoms with Crippen LogP contribution in [0.15, 0.2) is 65.2 Å². The Morgan fingerprint density at radius 2 is 1.83 bits per heavy atom. The van der Waals surface area contributed by atoms with Gasteiger partial charge >= 0.3 is 0 Å². The highest BCUT2D eigenvalue weighted by Gasteiger charge is 2.17. The van der Waals surface area contributed by atoms with Gasteiger partial charge in [-0.1, -0.05) is 30.3 Å². The van der Waals surface area contributed by atoms with Gasteiger partial charge in [-0.3, -0.25) is 9.52 Å². The summed E-state index contributed by atoms with van der Waals surface area (Å²) < 4.78 is 26.7. The van der Waals surface area contributed by atoms with E-state index in [1.54, 1.807) is 36.4 Å². The van der Waals surface area contributed by atoms with Gasteiger partial charge in [-0.2, -0.15) is 5.26 Å². The van der Waals surface area contributed by atoms with Gasteiger partial charge in [0, 0.05) is 0 Å². The SMILES string of the molecule is N#Cc1cccc(/C=C(/NS(=O)(=O)c2ccccc2)C(N)=O)c1. The van der Waals surface area contributed by atoms with E-state index in [1.807, 2.05) is 6.07 Å². The summed E-state index contributed by atoms with van der Waals surface area (Å²) in [4.78, 5) is 11.5. The van der Waals surface area contributed by atoms with Gasteiger partial charge in [0.25, 0.3) is 15.9 Å². The molecule has 0 unspecified atom stereocenters. The minimum Gasteiger partial charge on any atom is -0.364 e. The molecule has 7 heteroatoms. The largest absolute Gasteiger partial charge is 0.364 e. The molecule has 6 nitrogen and oxygen atoms in total. The summed E-state index contributed by atoms with van der Waals surface area (Å²) in [5.41, 5.74) is 5.82. The number of sulfonamides is 1. The molecule has 116 valence electrons. The number of nitrogens with two attached hydrogens (primary N) is 1. The Bertz CT molecular complexity index is 898. The highest BCUT2D eigenvalue weighted by atomic mass is 32.2. The summed E-state index contributed by atoms with van der Waals surface area (Å²) in [6.45, 7) is 0. The van der Waals surface area contributed by atoms with Gasteiger partial charge in [-0.25, -0.2) is 8.42 Å². The van der Waals surface area contributed by atoms with Crippen LogP contribution in [0.2, 0.25) is 0 Å². The zero-order valence-corrected chi connectivity index (χ0v) is 12.7. The second kappa shape index (κ2) is 6.77. The Labute approximate surface area is 133 Å². The molecule has 1 amide bonds. The summed E-state index contributed by atoms with van der Waals surface area (Å²) in [5, 5.41) is 8.87. The molecule has 0 aromatic heterocycles. The van der Waals surface area contributed by atoms with Crippen LogP contribution in [0.1, 0.15) is 11.1 Å². The molecule has 0 radical (unpaired) electrons. The van der Waals surface area contributed by atoms with E-state index < -0.39 is 15.9 Å². The van der Waals surface area contributed by atoms with Gasteiger partial charge in [-0.05, 0) is 35.9 Å². The molecule has 0 saturated heterocycles. The number of benzene rings is 2. The van der Waals surface area contributed by atoms with Crippen molar-refractivity contribution in [2.45, 2.75) is 4.90 Å². The number of hydrogen-bond acceptors (Lipinski definition) is 4. The van der Waals surface area contributed by atoms with Crippen molar-refractivity contribution < 1.29 is 13.2 Å². The van der Waals surface area contributed by atoms with Crippen molar-refractivity contribution >= 4 is 22.0 Å². The third-order valence-electron chi connectivity index (χ3n) is 2.89. The standard InChI is InChI=1S/C16H13N3O3S/c17-11-13-6-4-5-12(9-13)10-15(16(18)20)19-23(21,22)14-7-2-1-3-8-14/h1-10,19H,(H2,18,20)/b15-10+. The first-order valence-electron chi connectivity index (χ1n) is 6.52. The van der Waals surface area contributed by atoms with Crippen molar-refractivity contribution in [1.82, 2.24) is 4.72 Å². The molecule has 2 aromatic carbocycles. The van der Waals surface area contributed by atoms with Crippen LogP contribution >= 0.6 is 0 Å². The molecule has 2 rings (SSSR count). The Balaban J connectivity index is 2.38. The average molecular weight is 327 g/mol. The average Bonchev–Trinajstić information content (AvgIpc) is 2.55. The van der Waals surface area contributed by atoms with Crippen LogP contribution in [-0.2, 0) is 14.8 Å². The van der Waals surface area contributed by atoms with Crippen LogP contribution in [0.4, 0.5) is 0 Å². The normalized spacial score (nSPS) is 11.5. The molecule has 0 aliphatic heterocycles. The zero-order valence-electron chi connectivity index (χ0n) is 11.9. The fourth-order valence-electron chi connectivity index (χ4n) is 1.82. The lowest BCUT2D eigenvalue weighted by molar-refractivity contribution is -0.114. The monoisotopic (exact) mass is 327 g/mol. The van der Waals surface area contributed by atoms with Gasteiger partial charge in [0.2, 0.25) is 0 Å². The Morgan fingerprint density at radius 1 is 1.13 bits per heavy atom. The molecule has 0 bridgehead atoms. The smallest absolute Gasteiger partial charge is 0.265 e. The van der Waals surface area contributed by atoms with Gasteiger partial charge in [0.1, 0.15) is 5.70 Å². The quantitative estimate of drug-likeness (QED) is 0.807. The van der Waals surface area contributed by atoms with Crippen LogP contribution in [0.5, 0.6) is 0 Å². The third kappa shape index (κ3) is 4.18. The molecular weight excluding hydrogens is 314 g/mol. The maximum atomic E-state index is 12.2. The summed E-state index contributed by atoms with van der Waals surface area (Å²) in [6, 6.07) is 15.9. The second-order valence-electron chi connectivity index (χ2n) is 4.58. The molecule has 3 N–H and O–H groups in total. The minimum atomic E-state index is -3.92. The minimum absolute atomic E-state index is 0.0120. The van der Waals surface area contributed by atoms with Crippen LogP contribution in [0.3, 0.4) is 0 Å². The molecule has 23 heavy (non-hydrogen) atoms. The zero-order chi connectivity index (χ0) is 16.9. The fraction of sp³-hybridized carbons (Fsp3) is 0. The van der Waals surface area contributed by atoms with Gasteiger partial charge in [-0.15, -0.1) is 0 Å². The molecule has 0 heterocycles. The van der Waals surface area contributed by atoms with E-state index in [0.717, 1.165) is 0 Å². The number of carbonyl (C=O) groups excluding carboxylic acids is 1. The number of nitrogens with one attached hydrogen (secondary N) is 1. The van der Waals surface area contributed by atoms with E-state index >= 15 is 0 Å². The van der Waals surface area contributed by atoms with Crippen LogP contribution in [0.25, 0.3) is 6.08 Å². The number of nitriles is 1. The maximum absolute atomic E-state index is 12.2. The number of amides is 1. The van der Waals surface area contributed by atoms with E-state index in [2.05, 4.69) is 4.72 Å². The van der Waals surface area contributed by atoms with Crippen molar-refractivity contribution in [3.63, 3.8) is 0 Å². The molecule has 0 atom stereocenters. The molecular formula is C16H13N3O3S. The van der Waals surface area contributed by atoms with Gasteiger partial charge in [0.15, 0.2) is 0 Å². The Hall–Kier alpha value is -3.11. The van der Waals surface area contributed by atoms with E-state index in [-0.39, 0.29) is 10.6 Å². The van der Waals surface area contributed by atoms with Crippen LogP contribution in [0, 0.1) is 11.3 Å². The highest BCUT2D eigenvalue weighted by Crippen LogP contribution is 2.12. The first-order valence-corrected chi connectivity index (χ1v) is 8.00. The molecule has 0 aliphatic rings. The van der Waals surface area contributed by atoms with Crippen molar-refractivity contribution in [2.24, 2.45) is 5.73 Å². The second-order valence-corrected chi connectivity index (χ2v) is 6.26. The number of hydrogen-bond donors (Lipinski definition) is 2. The lowest BCUT2D eigenvalue weighted by Crippen LogP contribution is -2.31. The number of carbonyl (C=O) groups is 1. The topological polar surface area (TPSA) is 113 Å². The summed E-state index contributed by atoms with van der Waals surface area (Å²) in [7, 11) is -3.92. The molecule has 2 aromatic rings. The van der Waals surface area contributed by atoms with E-state index in [0.29, 0.717) is 11.1 Å². The number of nitrogens with zero attached hydrogens (tertiary/aromatic N) is 1. The van der Waals surface area contributed by atoms with Gasteiger partial charge in [0.05, 0.1) is 16.5 Å². The van der Waals surface area contributed by atoms with Gasteiger partial charge < -0.3 is 5.73 Å². The summed E-state index contributed by atoms with van der Waals surface area (Å²) >= 11 is 0. The van der Waals surface area contributed by atoms with E-state index in [4.69, 9.17) is 11.0 Å². The van der Waals surface area contributed by atoms with Crippen molar-refractivity contribution in [3.8, 4) is 6.07 Å². The lowest BCUT2D eigenvalue weighted by Gasteiger charge is -2.09. The van der Waals surface area contributed by atoms with Crippen LogP contribution < -0.4 is 10.5 Å². The molecule has 0 spiro atoms. The molecule has 0 fully saturated rings. The van der Waals surface area contributed by atoms with E-state index in [1.165, 1.54) is 24.3 Å². The highest BCUT2D eigenvalue weighted by molar-refractivity contribution is 7.89. The van der Waals surface area contributed by atoms with Crippen molar-refractivity contribution in [1.29, 1.82) is 5.26 Å². The van der Waals surface area contributed by atoms with Crippen molar-refractivity contribution in [2.75, 3.05) is 0 Å². The molecule has 0 aliphatic carbocycles. The number of rotatable bonds is 5. The first-order chi connectivity index (χ1) is 10.9. The Morgan fingerprint density at radius 3 is 2.43 bits per heavy atom. The number of primary amides is 1. The summed E-state index contributed by atoms with van der Waals surface area (Å²) in [5.74, 6) is -0.924. The van der Waals surface area contributed by atoms with Crippen molar-refractivity contribution in [3.05, 3.63) is 71.4 Å². The van der Waals surface area contributed by atoms with Crippen LogP contribution in [-0.4, -0.2) is 14.3 Å². The Kier molecular flexibility index (Phi) is 4.79. The first kappa shape index (κ1) is 16.3. The summed E-state index contributed by atoms with van der Waals surface area (Å²) in [6.07, 6.45) is 1.28. The van der Waals surface area contributed by atoms with E-state index in [9.17, 15) is 13.2 Å².